The molecule has 0 unspecified atom stereocenters. The van der Waals surface area contributed by atoms with Gasteiger partial charge in [-0.2, -0.15) is 0 Å². The van der Waals surface area contributed by atoms with E-state index in [2.05, 4.69) is 6.92 Å². The van der Waals surface area contributed by atoms with Crippen LogP contribution in [0.25, 0.3) is 0 Å². The van der Waals surface area contributed by atoms with Gasteiger partial charge in [-0.15, -0.1) is 0 Å². The summed E-state index contributed by atoms with van der Waals surface area (Å²) >= 11 is 0. The molecular weight excluding hydrogens is 256 g/mol. The first kappa shape index (κ1) is 19.0. The van der Waals surface area contributed by atoms with Gasteiger partial charge in [-0.05, 0) is 19.3 Å². The van der Waals surface area contributed by atoms with E-state index in [9.17, 15) is 0 Å². The molecule has 0 aromatic rings. The van der Waals surface area contributed by atoms with Crippen LogP contribution < -0.4 is 0 Å². The lowest BCUT2D eigenvalue weighted by Crippen LogP contribution is -1.92. The third-order valence-electron chi connectivity index (χ3n) is 4.80. The largest absolute Gasteiger partial charge is 0.382 e. The van der Waals surface area contributed by atoms with Gasteiger partial charge in [0.15, 0.2) is 0 Å². The number of ether oxygens (including phenoxy) is 1. The summed E-state index contributed by atoms with van der Waals surface area (Å²) in [4.78, 5) is 0. The Morgan fingerprint density at radius 1 is 0.619 bits per heavy atom. The fourth-order valence-electron chi connectivity index (χ4n) is 3.13. The van der Waals surface area contributed by atoms with Crippen LogP contribution in [-0.2, 0) is 4.74 Å². The summed E-state index contributed by atoms with van der Waals surface area (Å²) in [7, 11) is 0. The highest BCUT2D eigenvalue weighted by molar-refractivity contribution is 4.72. The van der Waals surface area contributed by atoms with E-state index in [-0.39, 0.29) is 0 Å². The highest BCUT2D eigenvalue weighted by Crippen LogP contribution is 2.34. The molecule has 0 aliphatic heterocycles. The van der Waals surface area contributed by atoms with E-state index >= 15 is 0 Å². The fraction of sp³-hybridized carbons (Fsp3) is 1.00. The van der Waals surface area contributed by atoms with Crippen molar-refractivity contribution in [3.63, 3.8) is 0 Å². The molecule has 1 fully saturated rings. The molecule has 0 aromatic carbocycles. The molecule has 1 aliphatic carbocycles. The van der Waals surface area contributed by atoms with Crippen molar-refractivity contribution in [3.8, 4) is 0 Å². The molecule has 1 saturated carbocycles. The maximum Gasteiger partial charge on any atom is 0.0465 e. The Bertz CT molecular complexity index is 198. The van der Waals surface area contributed by atoms with Crippen LogP contribution >= 0.6 is 0 Å². The summed E-state index contributed by atoms with van der Waals surface area (Å²) in [5.41, 5.74) is 0. The summed E-state index contributed by atoms with van der Waals surface area (Å²) in [6.07, 6.45) is 23.4. The highest BCUT2D eigenvalue weighted by Gasteiger charge is 2.19. The monoisotopic (exact) mass is 296 g/mol. The summed E-state index contributed by atoms with van der Waals surface area (Å²) < 4.78 is 5.36. The molecule has 0 amide bonds. The maximum atomic E-state index is 5.36. The van der Waals surface area contributed by atoms with Crippen LogP contribution in [-0.4, -0.2) is 13.2 Å². The summed E-state index contributed by atoms with van der Waals surface area (Å²) in [6.45, 7) is 3.92. The van der Waals surface area contributed by atoms with Gasteiger partial charge >= 0.3 is 0 Å². The Kier molecular flexibility index (Phi) is 13.5. The topological polar surface area (TPSA) is 9.23 Å². The standard InChI is InChI=1S/C20H40O/c1-2-21-19-15-13-11-9-7-5-3-4-6-8-10-12-14-16-20-17-18-20/h20H,2-19H2,1H3. The zero-order valence-corrected chi connectivity index (χ0v) is 14.7. The smallest absolute Gasteiger partial charge is 0.0465 e. The van der Waals surface area contributed by atoms with Crippen molar-refractivity contribution in [1.82, 2.24) is 0 Å². The number of unbranched alkanes of at least 4 members (excludes halogenated alkanes) is 12. The molecular formula is C20H40O. The first-order valence-electron chi connectivity index (χ1n) is 10.0. The van der Waals surface area contributed by atoms with Crippen molar-refractivity contribution in [1.29, 1.82) is 0 Å². The zero-order valence-electron chi connectivity index (χ0n) is 14.7. The lowest BCUT2D eigenvalue weighted by molar-refractivity contribution is 0.143. The van der Waals surface area contributed by atoms with Crippen molar-refractivity contribution < 1.29 is 4.74 Å². The second-order valence-corrected chi connectivity index (χ2v) is 7.03. The fourth-order valence-corrected chi connectivity index (χ4v) is 3.13. The van der Waals surface area contributed by atoms with E-state index in [1.165, 1.54) is 103 Å². The molecule has 1 heteroatoms. The minimum atomic E-state index is 0.876. The molecule has 1 aliphatic rings. The van der Waals surface area contributed by atoms with Gasteiger partial charge in [-0.25, -0.2) is 0 Å². The van der Waals surface area contributed by atoms with Crippen molar-refractivity contribution in [3.05, 3.63) is 0 Å². The molecule has 0 bridgehead atoms. The number of hydrogen-bond donors (Lipinski definition) is 0. The maximum absolute atomic E-state index is 5.36. The molecule has 1 nitrogen and oxygen atoms in total. The average molecular weight is 297 g/mol. The third-order valence-corrected chi connectivity index (χ3v) is 4.80. The first-order valence-corrected chi connectivity index (χ1v) is 10.0. The molecule has 1 rings (SSSR count). The van der Waals surface area contributed by atoms with Gasteiger partial charge in [0.05, 0.1) is 0 Å². The second kappa shape index (κ2) is 14.9. The Morgan fingerprint density at radius 3 is 1.48 bits per heavy atom. The van der Waals surface area contributed by atoms with E-state index in [1.807, 2.05) is 0 Å². The van der Waals surface area contributed by atoms with Crippen LogP contribution in [0.3, 0.4) is 0 Å². The predicted octanol–water partition coefficient (Wildman–Crippen LogP) is 6.89. The molecule has 0 radical (unpaired) electrons. The molecule has 0 aromatic heterocycles. The third kappa shape index (κ3) is 14.7. The minimum Gasteiger partial charge on any atom is -0.382 e. The molecule has 0 N–H and O–H groups in total. The van der Waals surface area contributed by atoms with Crippen LogP contribution in [0.4, 0.5) is 0 Å². The van der Waals surface area contributed by atoms with Crippen molar-refractivity contribution in [2.45, 2.75) is 110 Å². The van der Waals surface area contributed by atoms with Crippen LogP contribution in [0.15, 0.2) is 0 Å². The molecule has 0 spiro atoms. The predicted molar refractivity (Wildman–Crippen MR) is 93.9 cm³/mol. The van der Waals surface area contributed by atoms with Crippen molar-refractivity contribution >= 4 is 0 Å². The normalized spacial score (nSPS) is 14.7. The number of rotatable bonds is 17. The lowest BCUT2D eigenvalue weighted by atomic mass is 10.0. The van der Waals surface area contributed by atoms with Gasteiger partial charge < -0.3 is 4.74 Å². The van der Waals surface area contributed by atoms with Crippen molar-refractivity contribution in [2.75, 3.05) is 13.2 Å². The highest BCUT2D eigenvalue weighted by atomic mass is 16.5. The quantitative estimate of drug-likeness (QED) is 0.265. The summed E-state index contributed by atoms with van der Waals surface area (Å²) in [5, 5.41) is 0. The summed E-state index contributed by atoms with van der Waals surface area (Å²) in [5.74, 6) is 1.14. The Balaban J connectivity index is 1.59. The minimum absolute atomic E-state index is 0.876. The van der Waals surface area contributed by atoms with Gasteiger partial charge in [0.25, 0.3) is 0 Å². The Hall–Kier alpha value is -0.0400. The van der Waals surface area contributed by atoms with Crippen LogP contribution in [0.2, 0.25) is 0 Å². The van der Waals surface area contributed by atoms with E-state index in [0.717, 1.165) is 19.1 Å². The zero-order chi connectivity index (χ0) is 15.0. The average Bonchev–Trinajstić information content (AvgIpc) is 3.31. The molecule has 0 saturated heterocycles. The molecule has 0 atom stereocenters. The van der Waals surface area contributed by atoms with E-state index in [1.54, 1.807) is 0 Å². The van der Waals surface area contributed by atoms with Gasteiger partial charge in [0.1, 0.15) is 0 Å². The van der Waals surface area contributed by atoms with Gasteiger partial charge in [-0.3, -0.25) is 0 Å². The molecule has 21 heavy (non-hydrogen) atoms. The first-order chi connectivity index (χ1) is 10.4. The van der Waals surface area contributed by atoms with E-state index < -0.39 is 0 Å². The SMILES string of the molecule is CCOCCCCCCCCCCCCCCCC1CC1. The second-order valence-electron chi connectivity index (χ2n) is 7.03. The number of hydrogen-bond acceptors (Lipinski definition) is 1. The van der Waals surface area contributed by atoms with Crippen LogP contribution in [0, 0.1) is 5.92 Å². The Labute approximate surface area is 134 Å². The van der Waals surface area contributed by atoms with E-state index in [4.69, 9.17) is 4.74 Å². The van der Waals surface area contributed by atoms with Crippen molar-refractivity contribution in [2.24, 2.45) is 5.92 Å². The van der Waals surface area contributed by atoms with Crippen LogP contribution in [0.1, 0.15) is 110 Å². The summed E-state index contributed by atoms with van der Waals surface area (Å²) in [6, 6.07) is 0. The van der Waals surface area contributed by atoms with E-state index in [0.29, 0.717) is 0 Å². The lowest BCUT2D eigenvalue weighted by Gasteiger charge is -2.03. The van der Waals surface area contributed by atoms with Gasteiger partial charge in [0, 0.05) is 13.2 Å². The van der Waals surface area contributed by atoms with Gasteiger partial charge in [0.2, 0.25) is 0 Å². The molecule has 0 heterocycles. The Morgan fingerprint density at radius 2 is 1.05 bits per heavy atom. The molecule has 126 valence electrons. The van der Waals surface area contributed by atoms with Gasteiger partial charge in [-0.1, -0.05) is 96.3 Å². The van der Waals surface area contributed by atoms with Crippen LogP contribution in [0.5, 0.6) is 0 Å².